The van der Waals surface area contributed by atoms with Crippen LogP contribution in [0.1, 0.15) is 26.2 Å². The van der Waals surface area contributed by atoms with Gasteiger partial charge in [0, 0.05) is 12.1 Å². The largest absolute Gasteiger partial charge is 0.311 e. The van der Waals surface area contributed by atoms with Gasteiger partial charge in [-0.25, -0.2) is 0 Å². The van der Waals surface area contributed by atoms with Gasteiger partial charge in [-0.2, -0.15) is 0 Å². The molecular weight excluding hydrogens is 110 g/mol. The van der Waals surface area contributed by atoms with Crippen molar-refractivity contribution >= 4 is 0 Å². The van der Waals surface area contributed by atoms with E-state index in [1.807, 2.05) is 6.08 Å². The molecule has 0 aromatic carbocycles. The minimum atomic E-state index is 0.743. The van der Waals surface area contributed by atoms with Gasteiger partial charge in [0.2, 0.25) is 0 Å². The molecule has 1 aliphatic rings. The summed E-state index contributed by atoms with van der Waals surface area (Å²) in [6.07, 6.45) is 5.75. The molecule has 1 rings (SSSR count). The van der Waals surface area contributed by atoms with Gasteiger partial charge in [-0.1, -0.05) is 13.0 Å². The summed E-state index contributed by atoms with van der Waals surface area (Å²) < 4.78 is 0. The van der Waals surface area contributed by atoms with Crippen LogP contribution in [0.2, 0.25) is 0 Å². The van der Waals surface area contributed by atoms with Crippen LogP contribution in [0, 0.1) is 0 Å². The summed E-state index contributed by atoms with van der Waals surface area (Å²) in [6, 6.07) is 1.54. The van der Waals surface area contributed by atoms with E-state index in [4.69, 9.17) is 0 Å². The van der Waals surface area contributed by atoms with Crippen molar-refractivity contribution in [3.05, 3.63) is 12.7 Å². The molecule has 0 radical (unpaired) electrons. The maximum atomic E-state index is 3.69. The Balaban J connectivity index is 2.04. The topological polar surface area (TPSA) is 12.0 Å². The highest BCUT2D eigenvalue weighted by Crippen LogP contribution is 2.16. The fourth-order valence-electron chi connectivity index (χ4n) is 1.30. The van der Waals surface area contributed by atoms with Crippen molar-refractivity contribution in [1.82, 2.24) is 5.32 Å². The smallest absolute Gasteiger partial charge is 0.0119 e. The summed E-state index contributed by atoms with van der Waals surface area (Å²) in [4.78, 5) is 0. The highest BCUT2D eigenvalue weighted by molar-refractivity contribution is 4.91. The van der Waals surface area contributed by atoms with Crippen molar-refractivity contribution in [3.63, 3.8) is 0 Å². The third-order valence-corrected chi connectivity index (χ3v) is 1.98. The average molecular weight is 125 g/mol. The van der Waals surface area contributed by atoms with Gasteiger partial charge >= 0.3 is 0 Å². The molecule has 1 heteroatoms. The number of hydrogen-bond donors (Lipinski definition) is 1. The van der Waals surface area contributed by atoms with Crippen LogP contribution in [0.25, 0.3) is 0 Å². The molecular formula is C8H15N. The first-order valence-electron chi connectivity index (χ1n) is 3.73. The molecule has 0 aromatic rings. The SMILES string of the molecule is C=CCC1CC(CC)N1. The molecule has 0 aliphatic carbocycles. The van der Waals surface area contributed by atoms with Crippen molar-refractivity contribution in [3.8, 4) is 0 Å². The van der Waals surface area contributed by atoms with Crippen molar-refractivity contribution in [2.45, 2.75) is 38.3 Å². The minimum Gasteiger partial charge on any atom is -0.311 e. The van der Waals surface area contributed by atoms with Crippen LogP contribution in [0.4, 0.5) is 0 Å². The lowest BCUT2D eigenvalue weighted by Crippen LogP contribution is -2.51. The number of rotatable bonds is 3. The molecule has 0 saturated carbocycles. The Morgan fingerprint density at radius 1 is 1.67 bits per heavy atom. The lowest BCUT2D eigenvalue weighted by Gasteiger charge is -2.36. The van der Waals surface area contributed by atoms with Crippen molar-refractivity contribution in [1.29, 1.82) is 0 Å². The summed E-state index contributed by atoms with van der Waals surface area (Å²) in [5.74, 6) is 0. The predicted octanol–water partition coefficient (Wildman–Crippen LogP) is 1.70. The Hall–Kier alpha value is -0.300. The van der Waals surface area contributed by atoms with Crippen LogP contribution in [0.3, 0.4) is 0 Å². The lowest BCUT2D eigenvalue weighted by molar-refractivity contribution is 0.259. The van der Waals surface area contributed by atoms with Crippen molar-refractivity contribution < 1.29 is 0 Å². The van der Waals surface area contributed by atoms with Crippen LogP contribution in [0.15, 0.2) is 12.7 Å². The van der Waals surface area contributed by atoms with Crippen LogP contribution >= 0.6 is 0 Å². The first-order valence-corrected chi connectivity index (χ1v) is 3.73. The van der Waals surface area contributed by atoms with E-state index in [-0.39, 0.29) is 0 Å². The normalized spacial score (nSPS) is 33.4. The second-order valence-corrected chi connectivity index (χ2v) is 2.73. The van der Waals surface area contributed by atoms with E-state index in [9.17, 15) is 0 Å². The van der Waals surface area contributed by atoms with Gasteiger partial charge in [-0.15, -0.1) is 6.58 Å². The van der Waals surface area contributed by atoms with E-state index >= 15 is 0 Å². The van der Waals surface area contributed by atoms with Gasteiger partial charge in [0.05, 0.1) is 0 Å². The highest BCUT2D eigenvalue weighted by Gasteiger charge is 2.24. The highest BCUT2D eigenvalue weighted by atomic mass is 15.0. The molecule has 2 atom stereocenters. The van der Waals surface area contributed by atoms with E-state index in [1.54, 1.807) is 0 Å². The fraction of sp³-hybridized carbons (Fsp3) is 0.750. The standard InChI is InChI=1S/C8H15N/c1-3-5-8-6-7(4-2)9-8/h3,7-9H,1,4-6H2,2H3. The third-order valence-electron chi connectivity index (χ3n) is 1.98. The Morgan fingerprint density at radius 2 is 2.33 bits per heavy atom. The maximum Gasteiger partial charge on any atom is 0.0119 e. The third kappa shape index (κ3) is 1.55. The van der Waals surface area contributed by atoms with Gasteiger partial charge in [-0.3, -0.25) is 0 Å². The molecule has 9 heavy (non-hydrogen) atoms. The fourth-order valence-corrected chi connectivity index (χ4v) is 1.30. The molecule has 0 aromatic heterocycles. The molecule has 1 N–H and O–H groups in total. The molecule has 2 unspecified atom stereocenters. The number of nitrogens with one attached hydrogen (secondary N) is 1. The number of hydrogen-bond acceptors (Lipinski definition) is 1. The van der Waals surface area contributed by atoms with E-state index in [1.165, 1.54) is 12.8 Å². The lowest BCUT2D eigenvalue weighted by atomic mass is 9.93. The van der Waals surface area contributed by atoms with Gasteiger partial charge in [0.15, 0.2) is 0 Å². The zero-order chi connectivity index (χ0) is 6.69. The summed E-state index contributed by atoms with van der Waals surface area (Å²) in [6.45, 7) is 5.92. The summed E-state index contributed by atoms with van der Waals surface area (Å²) in [7, 11) is 0. The molecule has 1 saturated heterocycles. The van der Waals surface area contributed by atoms with E-state index < -0.39 is 0 Å². The van der Waals surface area contributed by atoms with E-state index in [0.717, 1.165) is 18.5 Å². The van der Waals surface area contributed by atoms with Gasteiger partial charge in [-0.05, 0) is 19.3 Å². The zero-order valence-corrected chi connectivity index (χ0v) is 6.06. The quantitative estimate of drug-likeness (QED) is 0.566. The Morgan fingerprint density at radius 3 is 2.78 bits per heavy atom. The molecule has 1 heterocycles. The Labute approximate surface area is 57.1 Å². The van der Waals surface area contributed by atoms with Crippen LogP contribution in [-0.2, 0) is 0 Å². The molecule has 52 valence electrons. The molecule has 0 spiro atoms. The maximum absolute atomic E-state index is 3.69. The van der Waals surface area contributed by atoms with Gasteiger partial charge in [0.1, 0.15) is 0 Å². The summed E-state index contributed by atoms with van der Waals surface area (Å²) in [5.41, 5.74) is 0. The molecule has 1 fully saturated rings. The zero-order valence-electron chi connectivity index (χ0n) is 6.06. The van der Waals surface area contributed by atoms with E-state index in [0.29, 0.717) is 0 Å². The summed E-state index contributed by atoms with van der Waals surface area (Å²) in [5, 5.41) is 3.46. The molecule has 0 amide bonds. The van der Waals surface area contributed by atoms with Gasteiger partial charge in [0.25, 0.3) is 0 Å². The Kier molecular flexibility index (Phi) is 2.29. The molecule has 1 aliphatic heterocycles. The average Bonchev–Trinajstić information content (AvgIpc) is 1.77. The van der Waals surface area contributed by atoms with Crippen molar-refractivity contribution in [2.24, 2.45) is 0 Å². The van der Waals surface area contributed by atoms with Crippen LogP contribution in [-0.4, -0.2) is 12.1 Å². The monoisotopic (exact) mass is 125 g/mol. The van der Waals surface area contributed by atoms with Crippen LogP contribution < -0.4 is 5.32 Å². The molecule has 1 nitrogen and oxygen atoms in total. The van der Waals surface area contributed by atoms with E-state index in [2.05, 4.69) is 18.8 Å². The second kappa shape index (κ2) is 3.02. The van der Waals surface area contributed by atoms with Crippen molar-refractivity contribution in [2.75, 3.05) is 0 Å². The molecule has 0 bridgehead atoms. The first-order chi connectivity index (χ1) is 4.36. The predicted molar refractivity (Wildman–Crippen MR) is 40.4 cm³/mol. The Bertz CT molecular complexity index is 92.7. The van der Waals surface area contributed by atoms with Crippen LogP contribution in [0.5, 0.6) is 0 Å². The van der Waals surface area contributed by atoms with Gasteiger partial charge < -0.3 is 5.32 Å². The summed E-state index contributed by atoms with van der Waals surface area (Å²) >= 11 is 0. The second-order valence-electron chi connectivity index (χ2n) is 2.73. The first kappa shape index (κ1) is 6.81. The minimum absolute atomic E-state index is 0.743.